The molecule has 1 aromatic heterocycles. The van der Waals surface area contributed by atoms with Gasteiger partial charge in [-0.25, -0.2) is 0 Å². The molecule has 0 N–H and O–H groups in total. The number of para-hydroxylation sites is 2. The molecule has 0 bridgehead atoms. The number of amides is 1. The van der Waals surface area contributed by atoms with Crippen LogP contribution in [0.2, 0.25) is 10.0 Å². The maximum absolute atomic E-state index is 13.0. The number of thioether (sulfide) groups is 1. The minimum atomic E-state index is 0.191. The number of ether oxygens (including phenoxy) is 1. The van der Waals surface area contributed by atoms with Gasteiger partial charge in [0.25, 0.3) is 0 Å². The van der Waals surface area contributed by atoms with Crippen molar-refractivity contribution in [3.63, 3.8) is 0 Å². The van der Waals surface area contributed by atoms with E-state index < -0.39 is 0 Å². The van der Waals surface area contributed by atoms with E-state index in [1.807, 2.05) is 58.0 Å². The molecule has 3 aromatic carbocycles. The van der Waals surface area contributed by atoms with Crippen molar-refractivity contribution in [3.8, 4) is 11.4 Å². The first-order chi connectivity index (χ1) is 19.5. The first-order valence-electron chi connectivity index (χ1n) is 13.3. The number of rotatable bonds is 10. The third kappa shape index (κ3) is 6.74. The first-order valence-corrected chi connectivity index (χ1v) is 15.0. The highest BCUT2D eigenvalue weighted by molar-refractivity contribution is 7.99. The lowest BCUT2D eigenvalue weighted by Crippen LogP contribution is -2.48. The van der Waals surface area contributed by atoms with E-state index in [4.69, 9.17) is 27.9 Å². The molecule has 5 rings (SSSR count). The smallest absolute Gasteiger partial charge is 0.222 e. The van der Waals surface area contributed by atoms with Gasteiger partial charge >= 0.3 is 0 Å². The molecule has 0 atom stereocenters. The molecule has 2 heterocycles. The Balaban J connectivity index is 1.18. The van der Waals surface area contributed by atoms with E-state index in [1.165, 1.54) is 0 Å². The Hall–Kier alpha value is -3.20. The quantitative estimate of drug-likeness (QED) is 0.156. The topological polar surface area (TPSA) is 63.5 Å². The van der Waals surface area contributed by atoms with Crippen molar-refractivity contribution in [3.05, 3.63) is 94.2 Å². The van der Waals surface area contributed by atoms with Gasteiger partial charge in [0.2, 0.25) is 5.91 Å². The summed E-state index contributed by atoms with van der Waals surface area (Å²) >= 11 is 14.1. The number of piperazine rings is 1. The van der Waals surface area contributed by atoms with Gasteiger partial charge in [0, 0.05) is 44.8 Å². The van der Waals surface area contributed by atoms with Crippen molar-refractivity contribution in [1.29, 1.82) is 0 Å². The van der Waals surface area contributed by atoms with Crippen molar-refractivity contribution >= 4 is 46.6 Å². The van der Waals surface area contributed by atoms with E-state index in [1.54, 1.807) is 24.9 Å². The zero-order valence-corrected chi connectivity index (χ0v) is 24.6. The lowest BCUT2D eigenvalue weighted by molar-refractivity contribution is -0.131. The Morgan fingerprint density at radius 1 is 0.925 bits per heavy atom. The van der Waals surface area contributed by atoms with Crippen LogP contribution in [0.15, 0.2) is 78.0 Å². The predicted octanol–water partition coefficient (Wildman–Crippen LogP) is 6.39. The summed E-state index contributed by atoms with van der Waals surface area (Å²) in [5.74, 6) is 2.62. The van der Waals surface area contributed by atoms with Crippen LogP contribution in [0.25, 0.3) is 5.69 Å². The van der Waals surface area contributed by atoms with E-state index in [2.05, 4.69) is 33.3 Å². The molecule has 10 heteroatoms. The average Bonchev–Trinajstić information content (AvgIpc) is 3.39. The van der Waals surface area contributed by atoms with Crippen LogP contribution < -0.4 is 9.64 Å². The molecule has 1 aliphatic heterocycles. The number of nitrogens with zero attached hydrogens (tertiary/aromatic N) is 5. The molecule has 0 saturated carbocycles. The molecule has 0 aliphatic carbocycles. The third-order valence-electron chi connectivity index (χ3n) is 6.89. The molecule has 1 amide bonds. The van der Waals surface area contributed by atoms with Crippen LogP contribution in [-0.4, -0.2) is 64.6 Å². The Kier molecular flexibility index (Phi) is 9.52. The second kappa shape index (κ2) is 13.4. The van der Waals surface area contributed by atoms with E-state index in [-0.39, 0.29) is 5.91 Å². The number of halogens is 2. The Morgan fingerprint density at radius 2 is 1.68 bits per heavy atom. The van der Waals surface area contributed by atoms with Crippen LogP contribution in [0.4, 0.5) is 5.69 Å². The molecule has 0 spiro atoms. The molecule has 1 fully saturated rings. The predicted molar refractivity (Wildman–Crippen MR) is 162 cm³/mol. The van der Waals surface area contributed by atoms with Gasteiger partial charge in [-0.05, 0) is 42.3 Å². The zero-order valence-electron chi connectivity index (χ0n) is 22.3. The summed E-state index contributed by atoms with van der Waals surface area (Å²) in [7, 11) is 1.69. The summed E-state index contributed by atoms with van der Waals surface area (Å²) in [5, 5.41) is 10.7. The number of methoxy groups -OCH3 is 1. The molecule has 1 saturated heterocycles. The van der Waals surface area contributed by atoms with Crippen LogP contribution >= 0.6 is 35.0 Å². The number of aromatic nitrogens is 3. The maximum Gasteiger partial charge on any atom is 0.222 e. The van der Waals surface area contributed by atoms with E-state index >= 15 is 0 Å². The van der Waals surface area contributed by atoms with Crippen LogP contribution in [0, 0.1) is 0 Å². The fraction of sp³-hybridized carbons (Fsp3) is 0.300. The Bertz CT molecular complexity index is 1440. The second-order valence-electron chi connectivity index (χ2n) is 9.49. The van der Waals surface area contributed by atoms with Crippen molar-refractivity contribution in [1.82, 2.24) is 19.7 Å². The van der Waals surface area contributed by atoms with E-state index in [0.717, 1.165) is 58.9 Å². The molecule has 0 unspecified atom stereocenters. The van der Waals surface area contributed by atoms with Gasteiger partial charge in [-0.15, -0.1) is 10.2 Å². The number of hydrogen-bond donors (Lipinski definition) is 0. The standard InChI is InChI=1S/C30H31Cl2N5O2S/c1-39-27-11-6-5-10-26(27)35-15-17-36(18-16-35)29(38)12-7-19-40-30-34-33-28(20-22-8-3-2-4-9-22)37(30)23-13-14-24(31)25(32)21-23/h2-6,8-11,13-14,21H,7,12,15-20H2,1H3. The monoisotopic (exact) mass is 595 g/mol. The lowest BCUT2D eigenvalue weighted by atomic mass is 10.1. The Morgan fingerprint density at radius 3 is 2.42 bits per heavy atom. The van der Waals surface area contributed by atoms with Crippen LogP contribution in [0.5, 0.6) is 5.75 Å². The molecule has 208 valence electrons. The molecular formula is C30H31Cl2N5O2S. The SMILES string of the molecule is COc1ccccc1N1CCN(C(=O)CCCSc2nnc(Cc3ccccc3)n2-c2ccc(Cl)c(Cl)c2)CC1. The maximum atomic E-state index is 13.0. The summed E-state index contributed by atoms with van der Waals surface area (Å²) in [4.78, 5) is 17.2. The van der Waals surface area contributed by atoms with Gasteiger partial charge in [-0.2, -0.15) is 0 Å². The normalized spacial score (nSPS) is 13.5. The highest BCUT2D eigenvalue weighted by Gasteiger charge is 2.23. The molecule has 7 nitrogen and oxygen atoms in total. The first kappa shape index (κ1) is 28.3. The van der Waals surface area contributed by atoms with Crippen molar-refractivity contribution in [2.24, 2.45) is 0 Å². The van der Waals surface area contributed by atoms with Gasteiger partial charge in [0.15, 0.2) is 5.16 Å². The molecule has 1 aliphatic rings. The molecule has 0 radical (unpaired) electrons. The largest absolute Gasteiger partial charge is 0.495 e. The summed E-state index contributed by atoms with van der Waals surface area (Å²) in [6.45, 7) is 2.99. The number of carbonyl (C=O) groups excluding carboxylic acids is 1. The lowest BCUT2D eigenvalue weighted by Gasteiger charge is -2.36. The van der Waals surface area contributed by atoms with Crippen LogP contribution in [-0.2, 0) is 11.2 Å². The van der Waals surface area contributed by atoms with Gasteiger partial charge < -0.3 is 14.5 Å². The summed E-state index contributed by atoms with van der Waals surface area (Å²) in [6, 6.07) is 23.7. The van der Waals surface area contributed by atoms with Gasteiger partial charge in [-0.1, -0.05) is 77.4 Å². The summed E-state index contributed by atoms with van der Waals surface area (Å²) < 4.78 is 7.53. The minimum Gasteiger partial charge on any atom is -0.495 e. The summed E-state index contributed by atoms with van der Waals surface area (Å²) in [5.41, 5.74) is 3.08. The Labute approximate surface area is 249 Å². The summed E-state index contributed by atoms with van der Waals surface area (Å²) in [6.07, 6.45) is 1.88. The van der Waals surface area contributed by atoms with E-state index in [0.29, 0.717) is 36.0 Å². The minimum absolute atomic E-state index is 0.191. The third-order valence-corrected chi connectivity index (χ3v) is 8.65. The molecule has 4 aromatic rings. The molecular weight excluding hydrogens is 565 g/mol. The highest BCUT2D eigenvalue weighted by Crippen LogP contribution is 2.30. The fourth-order valence-corrected chi connectivity index (χ4v) is 6.00. The van der Waals surface area contributed by atoms with Crippen molar-refractivity contribution in [2.75, 3.05) is 43.9 Å². The van der Waals surface area contributed by atoms with E-state index in [9.17, 15) is 4.79 Å². The number of benzene rings is 3. The number of carbonyl (C=O) groups is 1. The van der Waals surface area contributed by atoms with Crippen LogP contribution in [0.3, 0.4) is 0 Å². The van der Waals surface area contributed by atoms with Crippen molar-refractivity contribution in [2.45, 2.75) is 24.4 Å². The average molecular weight is 597 g/mol. The van der Waals surface area contributed by atoms with Gasteiger partial charge in [-0.3, -0.25) is 9.36 Å². The van der Waals surface area contributed by atoms with Crippen molar-refractivity contribution < 1.29 is 9.53 Å². The van der Waals surface area contributed by atoms with Gasteiger partial charge in [0.05, 0.1) is 28.5 Å². The van der Waals surface area contributed by atoms with Gasteiger partial charge in [0.1, 0.15) is 11.6 Å². The van der Waals surface area contributed by atoms with Crippen LogP contribution in [0.1, 0.15) is 24.2 Å². The zero-order chi connectivity index (χ0) is 27.9. The number of hydrogen-bond acceptors (Lipinski definition) is 6. The second-order valence-corrected chi connectivity index (χ2v) is 11.4. The number of anilines is 1. The highest BCUT2D eigenvalue weighted by atomic mass is 35.5. The molecule has 40 heavy (non-hydrogen) atoms. The fourth-order valence-electron chi connectivity index (χ4n) is 4.80.